The molecular weight excluding hydrogens is 214 g/mol. The van der Waals surface area contributed by atoms with Gasteiger partial charge in [0.15, 0.2) is 0 Å². The van der Waals surface area contributed by atoms with Crippen LogP contribution in [0.5, 0.6) is 0 Å². The molecule has 1 aromatic carbocycles. The van der Waals surface area contributed by atoms with E-state index in [1.54, 1.807) is 6.07 Å². The van der Waals surface area contributed by atoms with Crippen LogP contribution in [0.2, 0.25) is 5.02 Å². The van der Waals surface area contributed by atoms with Crippen molar-refractivity contribution in [2.75, 3.05) is 5.32 Å². The minimum absolute atomic E-state index is 0.0353. The van der Waals surface area contributed by atoms with Gasteiger partial charge in [0, 0.05) is 0 Å². The fourth-order valence-corrected chi connectivity index (χ4v) is 2.26. The number of hydrogen-bond acceptors (Lipinski definition) is 2. The second-order valence-corrected chi connectivity index (χ2v) is 4.66. The molecule has 2 N–H and O–H groups in total. The molecule has 1 heterocycles. The Morgan fingerprint density at radius 1 is 1.40 bits per heavy atom. The Balaban J connectivity index is 2.11. The zero-order valence-corrected chi connectivity index (χ0v) is 8.77. The molecule has 4 heteroatoms. The SMILES string of the molecule is O=C1Cc2cc(C3(O)CC3)cc(Cl)c2N1. The maximum atomic E-state index is 11.2. The molecule has 78 valence electrons. The average Bonchev–Trinajstić information content (AvgIpc) is 2.79. The van der Waals surface area contributed by atoms with Gasteiger partial charge in [-0.05, 0) is 30.0 Å². The lowest BCUT2D eigenvalue weighted by atomic mass is 10.0. The third-order valence-corrected chi connectivity index (χ3v) is 3.35. The summed E-state index contributed by atoms with van der Waals surface area (Å²) in [5, 5.41) is 13.2. The summed E-state index contributed by atoms with van der Waals surface area (Å²) in [6.45, 7) is 0. The van der Waals surface area contributed by atoms with E-state index in [0.717, 1.165) is 24.0 Å². The molecule has 1 amide bonds. The van der Waals surface area contributed by atoms with Crippen molar-refractivity contribution in [3.63, 3.8) is 0 Å². The number of rotatable bonds is 1. The molecule has 0 spiro atoms. The molecule has 1 aliphatic heterocycles. The van der Waals surface area contributed by atoms with Crippen LogP contribution in [0.4, 0.5) is 5.69 Å². The first-order valence-corrected chi connectivity index (χ1v) is 5.31. The lowest BCUT2D eigenvalue weighted by molar-refractivity contribution is -0.115. The predicted octanol–water partition coefficient (Wildman–Crippen LogP) is 1.82. The summed E-state index contributed by atoms with van der Waals surface area (Å²) >= 11 is 6.05. The van der Waals surface area contributed by atoms with E-state index in [9.17, 15) is 9.90 Å². The lowest BCUT2D eigenvalue weighted by Crippen LogP contribution is -2.04. The summed E-state index contributed by atoms with van der Waals surface area (Å²) in [5.74, 6) is -0.0353. The molecule has 1 fully saturated rings. The molecule has 1 aromatic rings. The van der Waals surface area contributed by atoms with Gasteiger partial charge in [0.05, 0.1) is 22.7 Å². The molecule has 0 bridgehead atoms. The second-order valence-electron chi connectivity index (χ2n) is 4.25. The van der Waals surface area contributed by atoms with Gasteiger partial charge in [-0.1, -0.05) is 17.7 Å². The van der Waals surface area contributed by atoms with E-state index in [4.69, 9.17) is 11.6 Å². The van der Waals surface area contributed by atoms with Crippen molar-refractivity contribution < 1.29 is 9.90 Å². The number of fused-ring (bicyclic) bond motifs is 1. The summed E-state index contributed by atoms with van der Waals surface area (Å²) in [6.07, 6.45) is 1.92. The number of carbonyl (C=O) groups is 1. The Hall–Kier alpha value is -1.06. The maximum absolute atomic E-state index is 11.2. The van der Waals surface area contributed by atoms with Crippen molar-refractivity contribution in [2.24, 2.45) is 0 Å². The van der Waals surface area contributed by atoms with E-state index in [1.807, 2.05) is 6.07 Å². The predicted molar refractivity (Wildman–Crippen MR) is 56.9 cm³/mol. The van der Waals surface area contributed by atoms with Gasteiger partial charge in [-0.2, -0.15) is 0 Å². The van der Waals surface area contributed by atoms with E-state index in [0.29, 0.717) is 17.1 Å². The topological polar surface area (TPSA) is 49.3 Å². The van der Waals surface area contributed by atoms with E-state index in [-0.39, 0.29) is 5.91 Å². The van der Waals surface area contributed by atoms with Crippen LogP contribution in [-0.4, -0.2) is 11.0 Å². The first-order valence-electron chi connectivity index (χ1n) is 4.94. The van der Waals surface area contributed by atoms with E-state index >= 15 is 0 Å². The molecule has 3 nitrogen and oxygen atoms in total. The third kappa shape index (κ3) is 1.34. The molecular formula is C11H10ClNO2. The van der Waals surface area contributed by atoms with Crippen LogP contribution in [0, 0.1) is 0 Å². The Kier molecular flexibility index (Phi) is 1.68. The highest BCUT2D eigenvalue weighted by molar-refractivity contribution is 6.34. The van der Waals surface area contributed by atoms with Gasteiger partial charge in [-0.15, -0.1) is 0 Å². The number of halogens is 1. The molecule has 0 atom stereocenters. The van der Waals surface area contributed by atoms with Gasteiger partial charge in [-0.3, -0.25) is 4.79 Å². The van der Waals surface area contributed by atoms with Crippen LogP contribution in [0.3, 0.4) is 0 Å². The van der Waals surface area contributed by atoms with Crippen molar-refractivity contribution in [3.8, 4) is 0 Å². The van der Waals surface area contributed by atoms with Gasteiger partial charge in [0.25, 0.3) is 0 Å². The Labute approximate surface area is 92.1 Å². The summed E-state index contributed by atoms with van der Waals surface area (Å²) in [7, 11) is 0. The highest BCUT2D eigenvalue weighted by Gasteiger charge is 2.43. The van der Waals surface area contributed by atoms with Crippen LogP contribution in [0.15, 0.2) is 12.1 Å². The summed E-state index contributed by atoms with van der Waals surface area (Å²) in [4.78, 5) is 11.2. The Morgan fingerprint density at radius 3 is 2.80 bits per heavy atom. The van der Waals surface area contributed by atoms with Crippen LogP contribution in [0.1, 0.15) is 24.0 Å². The summed E-state index contributed by atoms with van der Waals surface area (Å²) in [5.41, 5.74) is 1.74. The zero-order valence-electron chi connectivity index (χ0n) is 8.01. The number of nitrogens with one attached hydrogen (secondary N) is 1. The van der Waals surface area contributed by atoms with Crippen LogP contribution >= 0.6 is 11.6 Å². The molecule has 3 rings (SSSR count). The number of hydrogen-bond donors (Lipinski definition) is 2. The number of carbonyl (C=O) groups excluding carboxylic acids is 1. The second kappa shape index (κ2) is 2.74. The van der Waals surface area contributed by atoms with Crippen molar-refractivity contribution in [1.29, 1.82) is 0 Å². The molecule has 2 aliphatic rings. The van der Waals surface area contributed by atoms with Crippen molar-refractivity contribution in [1.82, 2.24) is 0 Å². The fourth-order valence-electron chi connectivity index (χ4n) is 1.98. The minimum Gasteiger partial charge on any atom is -0.385 e. The smallest absolute Gasteiger partial charge is 0.228 e. The number of amides is 1. The van der Waals surface area contributed by atoms with Gasteiger partial charge in [-0.25, -0.2) is 0 Å². The standard InChI is InChI=1S/C11H10ClNO2/c12-8-5-7(11(15)1-2-11)3-6-4-9(14)13-10(6)8/h3,5,15H,1-2,4H2,(H,13,14). The van der Waals surface area contributed by atoms with E-state index in [2.05, 4.69) is 5.32 Å². The minimum atomic E-state index is -0.690. The quantitative estimate of drug-likeness (QED) is 0.763. The highest BCUT2D eigenvalue weighted by atomic mass is 35.5. The van der Waals surface area contributed by atoms with Crippen LogP contribution in [-0.2, 0) is 16.8 Å². The van der Waals surface area contributed by atoms with Crippen molar-refractivity contribution in [2.45, 2.75) is 24.9 Å². The Bertz CT molecular complexity index is 466. The van der Waals surface area contributed by atoms with E-state index < -0.39 is 5.60 Å². The van der Waals surface area contributed by atoms with Gasteiger partial charge < -0.3 is 10.4 Å². The normalized spacial score (nSPS) is 21.1. The fraction of sp³-hybridized carbons (Fsp3) is 0.364. The lowest BCUT2D eigenvalue weighted by Gasteiger charge is -2.11. The number of aliphatic hydroxyl groups is 1. The van der Waals surface area contributed by atoms with E-state index in [1.165, 1.54) is 0 Å². The number of benzene rings is 1. The number of anilines is 1. The van der Waals surface area contributed by atoms with Crippen molar-refractivity contribution >= 4 is 23.2 Å². The first-order chi connectivity index (χ1) is 7.08. The highest BCUT2D eigenvalue weighted by Crippen LogP contribution is 2.47. The summed E-state index contributed by atoms with van der Waals surface area (Å²) in [6, 6.07) is 3.63. The molecule has 0 aromatic heterocycles. The van der Waals surface area contributed by atoms with Gasteiger partial charge >= 0.3 is 0 Å². The molecule has 15 heavy (non-hydrogen) atoms. The van der Waals surface area contributed by atoms with Gasteiger partial charge in [0.1, 0.15) is 0 Å². The van der Waals surface area contributed by atoms with Crippen LogP contribution in [0.25, 0.3) is 0 Å². The largest absolute Gasteiger partial charge is 0.385 e. The van der Waals surface area contributed by atoms with Gasteiger partial charge in [0.2, 0.25) is 5.91 Å². The Morgan fingerprint density at radius 2 is 2.13 bits per heavy atom. The maximum Gasteiger partial charge on any atom is 0.228 e. The molecule has 0 unspecified atom stereocenters. The molecule has 1 saturated carbocycles. The zero-order chi connectivity index (χ0) is 10.6. The molecule has 0 saturated heterocycles. The van der Waals surface area contributed by atoms with Crippen molar-refractivity contribution in [3.05, 3.63) is 28.3 Å². The molecule has 1 aliphatic carbocycles. The monoisotopic (exact) mass is 223 g/mol. The first kappa shape index (κ1) is 9.19. The molecule has 0 radical (unpaired) electrons. The van der Waals surface area contributed by atoms with Crippen LogP contribution < -0.4 is 5.32 Å². The average molecular weight is 224 g/mol. The third-order valence-electron chi connectivity index (χ3n) is 3.05. The summed E-state index contributed by atoms with van der Waals surface area (Å²) < 4.78 is 0.